The summed E-state index contributed by atoms with van der Waals surface area (Å²) in [6.45, 7) is 0.110. The molecule has 0 radical (unpaired) electrons. The largest absolute Gasteiger partial charge is 0.457 e. The second-order valence-electron chi connectivity index (χ2n) is 10.5. The molecule has 0 spiro atoms. The number of fused-ring (bicyclic) bond motifs is 1. The van der Waals surface area contributed by atoms with Crippen LogP contribution in [0.1, 0.15) is 30.7 Å². The molecule has 1 amide bonds. The number of furan rings is 1. The number of carbonyl (C=O) groups is 1. The normalized spacial score (nSPS) is 13.5. The number of benzene rings is 3. The van der Waals surface area contributed by atoms with Crippen LogP contribution in [0.15, 0.2) is 65.1 Å². The van der Waals surface area contributed by atoms with Crippen LogP contribution >= 0.6 is 0 Å². The SMILES string of the molecule is CNC(=O)Oc1c(-c2ccc(Oc3ccc(F)cc3)cc2)oc2cc(N(CCCNS(C)(=O)=O)S(C)(=O)=O)c(C3CC3)cc12. The number of rotatable bonds is 12. The molecule has 11 nitrogen and oxygen atoms in total. The van der Waals surface area contributed by atoms with Gasteiger partial charge in [-0.2, -0.15) is 0 Å². The first-order chi connectivity index (χ1) is 20.8. The van der Waals surface area contributed by atoms with Crippen molar-refractivity contribution in [3.05, 3.63) is 72.0 Å². The van der Waals surface area contributed by atoms with E-state index in [9.17, 15) is 26.0 Å². The van der Waals surface area contributed by atoms with E-state index in [0.29, 0.717) is 33.7 Å². The number of hydrogen-bond donors (Lipinski definition) is 2. The Kier molecular flexibility index (Phi) is 8.86. The van der Waals surface area contributed by atoms with Crippen LogP contribution in [0.5, 0.6) is 17.2 Å². The minimum atomic E-state index is -3.76. The Morgan fingerprint density at radius 1 is 1.00 bits per heavy atom. The van der Waals surface area contributed by atoms with Crippen molar-refractivity contribution in [1.82, 2.24) is 10.0 Å². The van der Waals surface area contributed by atoms with Crippen molar-refractivity contribution >= 4 is 42.8 Å². The van der Waals surface area contributed by atoms with Crippen molar-refractivity contribution in [2.75, 3.05) is 37.0 Å². The molecule has 0 atom stereocenters. The summed E-state index contributed by atoms with van der Waals surface area (Å²) in [5.41, 5.74) is 2.05. The van der Waals surface area contributed by atoms with Gasteiger partial charge in [0.15, 0.2) is 11.5 Å². The molecule has 2 N–H and O–H groups in total. The molecular formula is C30H32FN3O8S2. The number of nitrogens with zero attached hydrogens (tertiary/aromatic N) is 1. The summed E-state index contributed by atoms with van der Waals surface area (Å²) in [4.78, 5) is 12.4. The number of amides is 1. The van der Waals surface area contributed by atoms with Crippen molar-refractivity contribution in [2.45, 2.75) is 25.2 Å². The summed E-state index contributed by atoms with van der Waals surface area (Å²) in [6, 6.07) is 15.8. The monoisotopic (exact) mass is 645 g/mol. The highest BCUT2D eigenvalue weighted by molar-refractivity contribution is 7.92. The van der Waals surface area contributed by atoms with Crippen LogP contribution in [0.4, 0.5) is 14.9 Å². The van der Waals surface area contributed by atoms with Gasteiger partial charge in [0, 0.05) is 31.8 Å². The Morgan fingerprint density at radius 2 is 1.64 bits per heavy atom. The predicted molar refractivity (Wildman–Crippen MR) is 165 cm³/mol. The van der Waals surface area contributed by atoms with Crippen LogP contribution in [-0.4, -0.2) is 55.6 Å². The van der Waals surface area contributed by atoms with Crippen LogP contribution in [0, 0.1) is 5.82 Å². The van der Waals surface area contributed by atoms with Crippen LogP contribution in [0.2, 0.25) is 0 Å². The molecule has 234 valence electrons. The van der Waals surface area contributed by atoms with Gasteiger partial charge < -0.3 is 19.2 Å². The summed E-state index contributed by atoms with van der Waals surface area (Å²) in [5.74, 6) is 1.08. The zero-order valence-corrected chi connectivity index (χ0v) is 25.9. The van der Waals surface area contributed by atoms with E-state index in [1.54, 1.807) is 36.4 Å². The predicted octanol–water partition coefficient (Wildman–Crippen LogP) is 5.33. The lowest BCUT2D eigenvalue weighted by molar-refractivity contribution is 0.203. The number of halogens is 1. The van der Waals surface area contributed by atoms with E-state index in [-0.39, 0.29) is 42.8 Å². The lowest BCUT2D eigenvalue weighted by atomic mass is 10.0. The fraction of sp³-hybridized carbons (Fsp3) is 0.300. The van der Waals surface area contributed by atoms with Gasteiger partial charge in [-0.15, -0.1) is 0 Å². The molecule has 1 aromatic heterocycles. The molecule has 0 unspecified atom stereocenters. The Morgan fingerprint density at radius 3 is 2.20 bits per heavy atom. The lowest BCUT2D eigenvalue weighted by Crippen LogP contribution is -2.34. The molecule has 44 heavy (non-hydrogen) atoms. The highest BCUT2D eigenvalue weighted by Crippen LogP contribution is 2.49. The van der Waals surface area contributed by atoms with Gasteiger partial charge in [-0.1, -0.05) is 0 Å². The second-order valence-corrected chi connectivity index (χ2v) is 14.3. The van der Waals surface area contributed by atoms with E-state index >= 15 is 0 Å². The third-order valence-electron chi connectivity index (χ3n) is 6.94. The molecule has 1 saturated carbocycles. The summed E-state index contributed by atoms with van der Waals surface area (Å²) in [7, 11) is -5.75. The van der Waals surface area contributed by atoms with Crippen molar-refractivity contribution < 1.29 is 39.9 Å². The maximum atomic E-state index is 13.3. The molecular weight excluding hydrogens is 613 g/mol. The Hall–Kier alpha value is -4.14. The van der Waals surface area contributed by atoms with Crippen molar-refractivity contribution in [3.63, 3.8) is 0 Å². The molecule has 0 bridgehead atoms. The molecule has 1 aliphatic carbocycles. The van der Waals surface area contributed by atoms with Gasteiger partial charge in [0.1, 0.15) is 22.9 Å². The Bertz CT molecular complexity index is 1890. The van der Waals surface area contributed by atoms with E-state index in [1.807, 2.05) is 0 Å². The lowest BCUT2D eigenvalue weighted by Gasteiger charge is -2.25. The molecule has 5 rings (SSSR count). The molecule has 1 aliphatic rings. The van der Waals surface area contributed by atoms with Gasteiger partial charge in [-0.25, -0.2) is 30.7 Å². The zero-order chi connectivity index (χ0) is 31.6. The first-order valence-corrected chi connectivity index (χ1v) is 17.5. The highest BCUT2D eigenvalue weighted by atomic mass is 32.2. The number of hydrogen-bond acceptors (Lipinski definition) is 8. The summed E-state index contributed by atoms with van der Waals surface area (Å²) in [5, 5.41) is 2.93. The number of sulfonamides is 2. The van der Waals surface area contributed by atoms with Crippen LogP contribution in [0.3, 0.4) is 0 Å². The third-order valence-corrected chi connectivity index (χ3v) is 8.85. The summed E-state index contributed by atoms with van der Waals surface area (Å²) >= 11 is 0. The van der Waals surface area contributed by atoms with E-state index < -0.39 is 26.1 Å². The molecule has 1 fully saturated rings. The van der Waals surface area contributed by atoms with Crippen molar-refractivity contribution in [2.24, 2.45) is 0 Å². The number of anilines is 1. The van der Waals surface area contributed by atoms with Crippen molar-refractivity contribution in [3.8, 4) is 28.6 Å². The fourth-order valence-corrected chi connectivity index (χ4v) is 6.25. The van der Waals surface area contributed by atoms with E-state index in [4.69, 9.17) is 13.9 Å². The fourth-order valence-electron chi connectivity index (χ4n) is 4.76. The van der Waals surface area contributed by atoms with Crippen LogP contribution < -0.4 is 23.8 Å². The first-order valence-electron chi connectivity index (χ1n) is 13.8. The van der Waals surface area contributed by atoms with Gasteiger partial charge in [0.25, 0.3) is 0 Å². The molecule has 4 aromatic rings. The molecule has 0 aliphatic heterocycles. The van der Waals surface area contributed by atoms with Crippen molar-refractivity contribution in [1.29, 1.82) is 0 Å². The zero-order valence-electron chi connectivity index (χ0n) is 24.3. The van der Waals surface area contributed by atoms with Crippen LogP contribution in [-0.2, 0) is 20.0 Å². The van der Waals surface area contributed by atoms with E-state index in [1.165, 1.54) is 35.6 Å². The second kappa shape index (κ2) is 12.5. The molecule has 14 heteroatoms. The topological polar surface area (TPSA) is 144 Å². The number of nitrogens with one attached hydrogen (secondary N) is 2. The maximum Gasteiger partial charge on any atom is 0.412 e. The summed E-state index contributed by atoms with van der Waals surface area (Å²) < 4.78 is 83.5. The first kappa shape index (κ1) is 31.3. The average molecular weight is 646 g/mol. The third kappa shape index (κ3) is 7.49. The van der Waals surface area contributed by atoms with E-state index in [0.717, 1.165) is 30.9 Å². The van der Waals surface area contributed by atoms with Gasteiger partial charge in [0.2, 0.25) is 20.0 Å². The quantitative estimate of drug-likeness (QED) is 0.197. The smallest absolute Gasteiger partial charge is 0.412 e. The minimum absolute atomic E-state index is 0.0389. The molecule has 1 heterocycles. The minimum Gasteiger partial charge on any atom is -0.457 e. The van der Waals surface area contributed by atoms with Crippen LogP contribution in [0.25, 0.3) is 22.3 Å². The Labute approximate surface area is 255 Å². The van der Waals surface area contributed by atoms with Gasteiger partial charge in [-0.05, 0) is 85.3 Å². The van der Waals surface area contributed by atoms with Gasteiger partial charge in [-0.3, -0.25) is 4.31 Å². The highest BCUT2D eigenvalue weighted by Gasteiger charge is 2.33. The molecule has 0 saturated heterocycles. The van der Waals surface area contributed by atoms with E-state index in [2.05, 4.69) is 10.0 Å². The van der Waals surface area contributed by atoms with Gasteiger partial charge in [0.05, 0.1) is 23.6 Å². The number of carbonyl (C=O) groups excluding carboxylic acids is 1. The number of ether oxygens (including phenoxy) is 2. The van der Waals surface area contributed by atoms with Gasteiger partial charge >= 0.3 is 6.09 Å². The molecule has 3 aromatic carbocycles. The standard InChI is InChI=1S/C30H32FN3O8S2/c1-32-30(35)42-29-25-17-24(19-5-6-19)26(34(44(3,38)39)16-4-15-33-43(2,36)37)18-27(25)41-28(29)20-7-11-22(12-8-20)40-23-13-9-21(31)10-14-23/h7-14,17-19,33H,4-6,15-16H2,1-3H3,(H,32,35). The maximum absolute atomic E-state index is 13.3. The average Bonchev–Trinajstić information content (AvgIpc) is 3.75. The summed E-state index contributed by atoms with van der Waals surface area (Å²) in [6.07, 6.45) is 3.39. The Balaban J connectivity index is 1.55.